The molecule has 1 aromatic carbocycles. The molecule has 1 rings (SSSR count). The molecule has 1 atom stereocenters. The Kier molecular flexibility index (Phi) is 6.99. The highest BCUT2D eigenvalue weighted by Gasteiger charge is 2.21. The maximum atomic E-state index is 12.2. The average Bonchev–Trinajstić information content (AvgIpc) is 2.43. The first-order valence-electron chi connectivity index (χ1n) is 6.97. The predicted octanol–water partition coefficient (Wildman–Crippen LogP) is 2.14. The topological polar surface area (TPSA) is 49.6 Å². The Bertz CT molecular complexity index is 435. The fourth-order valence-electron chi connectivity index (χ4n) is 2.29. The first kappa shape index (κ1) is 17.0. The quantitative estimate of drug-likeness (QED) is 0.839. The molecule has 0 aliphatic heterocycles. The zero-order chi connectivity index (χ0) is 15.1. The van der Waals surface area contributed by atoms with Crippen LogP contribution in [0.2, 0.25) is 5.02 Å². The summed E-state index contributed by atoms with van der Waals surface area (Å²) in [5, 5.41) is 0.685. The van der Waals surface area contributed by atoms with Gasteiger partial charge in [0.05, 0.1) is 6.54 Å². The monoisotopic (exact) mass is 297 g/mol. The van der Waals surface area contributed by atoms with E-state index in [2.05, 4.69) is 0 Å². The van der Waals surface area contributed by atoms with Crippen LogP contribution in [-0.2, 0) is 4.79 Å². The van der Waals surface area contributed by atoms with E-state index in [-0.39, 0.29) is 11.9 Å². The third-order valence-corrected chi connectivity index (χ3v) is 3.86. The molecule has 112 valence electrons. The van der Waals surface area contributed by atoms with E-state index in [9.17, 15) is 4.79 Å². The van der Waals surface area contributed by atoms with E-state index in [1.54, 1.807) is 0 Å². The van der Waals surface area contributed by atoms with E-state index in [1.165, 1.54) is 0 Å². The summed E-state index contributed by atoms with van der Waals surface area (Å²) < 4.78 is 0. The van der Waals surface area contributed by atoms with Gasteiger partial charge in [-0.15, -0.1) is 0 Å². The van der Waals surface area contributed by atoms with Crippen molar-refractivity contribution in [3.8, 4) is 0 Å². The van der Waals surface area contributed by atoms with Crippen molar-refractivity contribution < 1.29 is 4.79 Å². The van der Waals surface area contributed by atoms with Crippen LogP contribution in [0.5, 0.6) is 0 Å². The summed E-state index contributed by atoms with van der Waals surface area (Å²) in [5.41, 5.74) is 6.83. The first-order chi connectivity index (χ1) is 9.54. The number of amides is 1. The zero-order valence-electron chi connectivity index (χ0n) is 12.5. The summed E-state index contributed by atoms with van der Waals surface area (Å²) in [4.78, 5) is 15.9. The fourth-order valence-corrected chi connectivity index (χ4v) is 2.55. The van der Waals surface area contributed by atoms with Gasteiger partial charge in [-0.2, -0.15) is 0 Å². The van der Waals surface area contributed by atoms with Crippen LogP contribution in [0.4, 0.5) is 0 Å². The molecule has 0 aliphatic rings. The maximum absolute atomic E-state index is 12.2. The molecule has 0 aliphatic carbocycles. The van der Waals surface area contributed by atoms with Crippen LogP contribution in [0.3, 0.4) is 0 Å². The number of carbonyl (C=O) groups excluding carboxylic acids is 1. The number of hydrogen-bond donors (Lipinski definition) is 1. The lowest BCUT2D eigenvalue weighted by atomic mass is 10.1. The van der Waals surface area contributed by atoms with Crippen molar-refractivity contribution in [3.63, 3.8) is 0 Å². The van der Waals surface area contributed by atoms with Gasteiger partial charge in [-0.3, -0.25) is 9.69 Å². The van der Waals surface area contributed by atoms with Crippen LogP contribution in [0.25, 0.3) is 0 Å². The van der Waals surface area contributed by atoms with Crippen molar-refractivity contribution in [1.82, 2.24) is 9.80 Å². The van der Waals surface area contributed by atoms with Crippen LogP contribution in [0.15, 0.2) is 24.3 Å². The minimum absolute atomic E-state index is 0.0526. The van der Waals surface area contributed by atoms with Gasteiger partial charge in [0, 0.05) is 30.7 Å². The Hall–Kier alpha value is -1.10. The number of nitrogens with zero attached hydrogens (tertiary/aromatic N) is 2. The number of benzene rings is 1. The van der Waals surface area contributed by atoms with Crippen LogP contribution in [0.1, 0.15) is 25.5 Å². The molecule has 4 nitrogen and oxygen atoms in total. The van der Waals surface area contributed by atoms with Gasteiger partial charge in [0.2, 0.25) is 5.91 Å². The second-order valence-corrected chi connectivity index (χ2v) is 5.16. The Morgan fingerprint density at radius 1 is 1.30 bits per heavy atom. The molecule has 1 aromatic rings. The molecule has 0 bridgehead atoms. The molecule has 1 amide bonds. The maximum Gasteiger partial charge on any atom is 0.236 e. The van der Waals surface area contributed by atoms with Crippen molar-refractivity contribution in [2.75, 3.05) is 33.2 Å². The molecule has 5 heteroatoms. The Morgan fingerprint density at radius 3 is 2.40 bits per heavy atom. The Balaban J connectivity index is 2.80. The van der Waals surface area contributed by atoms with Crippen molar-refractivity contribution in [2.24, 2.45) is 5.73 Å². The molecule has 0 radical (unpaired) electrons. The number of halogens is 1. The average molecular weight is 298 g/mol. The lowest BCUT2D eigenvalue weighted by molar-refractivity contribution is -0.132. The summed E-state index contributed by atoms with van der Waals surface area (Å²) in [7, 11) is 1.91. The summed E-state index contributed by atoms with van der Waals surface area (Å²) in [6.07, 6.45) is 0. The zero-order valence-corrected chi connectivity index (χ0v) is 13.2. The molecule has 0 spiro atoms. The molecule has 1 unspecified atom stereocenters. The van der Waals surface area contributed by atoms with Gasteiger partial charge < -0.3 is 10.6 Å². The SMILES string of the molecule is CCN(CC)C(=O)CN(C)C(CN)c1ccccc1Cl. The van der Waals surface area contributed by atoms with E-state index in [4.69, 9.17) is 17.3 Å². The van der Waals surface area contributed by atoms with Crippen LogP contribution in [-0.4, -0.2) is 48.9 Å². The van der Waals surface area contributed by atoms with Crippen molar-refractivity contribution in [2.45, 2.75) is 19.9 Å². The van der Waals surface area contributed by atoms with E-state index in [0.717, 1.165) is 18.7 Å². The van der Waals surface area contributed by atoms with E-state index < -0.39 is 0 Å². The van der Waals surface area contributed by atoms with Crippen molar-refractivity contribution in [1.29, 1.82) is 0 Å². The summed E-state index contributed by atoms with van der Waals surface area (Å²) in [5.74, 6) is 0.114. The van der Waals surface area contributed by atoms with Crippen molar-refractivity contribution >= 4 is 17.5 Å². The largest absolute Gasteiger partial charge is 0.342 e. The Labute approximate surface area is 126 Å². The number of hydrogen-bond acceptors (Lipinski definition) is 3. The smallest absolute Gasteiger partial charge is 0.236 e. The van der Waals surface area contributed by atoms with Gasteiger partial charge in [0.15, 0.2) is 0 Å². The van der Waals surface area contributed by atoms with Gasteiger partial charge >= 0.3 is 0 Å². The Morgan fingerprint density at radius 2 is 1.90 bits per heavy atom. The second-order valence-electron chi connectivity index (χ2n) is 4.75. The van der Waals surface area contributed by atoms with Gasteiger partial charge in [0.1, 0.15) is 0 Å². The molecular weight excluding hydrogens is 274 g/mol. The van der Waals surface area contributed by atoms with E-state index >= 15 is 0 Å². The van der Waals surface area contributed by atoms with E-state index in [0.29, 0.717) is 18.1 Å². The summed E-state index contributed by atoms with van der Waals surface area (Å²) in [6.45, 7) is 6.18. The number of rotatable bonds is 7. The lowest BCUT2D eigenvalue weighted by Crippen LogP contribution is -2.41. The molecule has 2 N–H and O–H groups in total. The van der Waals surface area contributed by atoms with Crippen LogP contribution in [0, 0.1) is 0 Å². The van der Waals surface area contributed by atoms with Gasteiger partial charge in [0.25, 0.3) is 0 Å². The molecule has 0 aromatic heterocycles. The minimum atomic E-state index is -0.0526. The summed E-state index contributed by atoms with van der Waals surface area (Å²) in [6, 6.07) is 7.57. The summed E-state index contributed by atoms with van der Waals surface area (Å²) >= 11 is 6.22. The van der Waals surface area contributed by atoms with Gasteiger partial charge in [-0.05, 0) is 32.5 Å². The molecule has 20 heavy (non-hydrogen) atoms. The number of likely N-dealkylation sites (N-methyl/N-ethyl adjacent to an activating group) is 2. The highest BCUT2D eigenvalue weighted by atomic mass is 35.5. The first-order valence-corrected chi connectivity index (χ1v) is 7.35. The molecule has 0 heterocycles. The minimum Gasteiger partial charge on any atom is -0.342 e. The second kappa shape index (κ2) is 8.25. The lowest BCUT2D eigenvalue weighted by Gasteiger charge is -2.29. The predicted molar refractivity (Wildman–Crippen MR) is 83.8 cm³/mol. The normalized spacial score (nSPS) is 12.5. The number of nitrogens with two attached hydrogens (primary N) is 1. The highest BCUT2D eigenvalue weighted by Crippen LogP contribution is 2.25. The number of carbonyl (C=O) groups is 1. The highest BCUT2D eigenvalue weighted by molar-refractivity contribution is 6.31. The third-order valence-electron chi connectivity index (χ3n) is 3.52. The van der Waals surface area contributed by atoms with Crippen LogP contribution >= 0.6 is 11.6 Å². The molecular formula is C15H24ClN3O. The standard InChI is InChI=1S/C15H24ClN3O/c1-4-19(5-2)15(20)11-18(3)14(10-17)12-8-6-7-9-13(12)16/h6-9,14H,4-5,10-11,17H2,1-3H3. The van der Waals surface area contributed by atoms with Crippen LogP contribution < -0.4 is 5.73 Å². The van der Waals surface area contributed by atoms with Crippen molar-refractivity contribution in [3.05, 3.63) is 34.9 Å². The fraction of sp³-hybridized carbons (Fsp3) is 0.533. The van der Waals surface area contributed by atoms with E-state index in [1.807, 2.05) is 55.0 Å². The van der Waals surface area contributed by atoms with Gasteiger partial charge in [-0.1, -0.05) is 29.8 Å². The molecule has 0 saturated carbocycles. The molecule has 0 saturated heterocycles. The third kappa shape index (κ3) is 4.20. The molecule has 0 fully saturated rings. The van der Waals surface area contributed by atoms with Gasteiger partial charge in [-0.25, -0.2) is 0 Å².